The SMILES string of the molecule is C=CC1C(C2c3cc4c(cc3-c3cc(-c5ccccc5)cc[n+]32)c2cccc3c2n4[C@H](C)C(C)(C)C=C3)c2ccccc2-c2ccc(C)c[n+]21. The highest BCUT2D eigenvalue weighted by Gasteiger charge is 2.52. The normalized spacial score (nSPS) is 21.0. The Bertz CT molecular complexity index is 2580. The van der Waals surface area contributed by atoms with Crippen molar-refractivity contribution in [3.05, 3.63) is 163 Å². The fourth-order valence-corrected chi connectivity index (χ4v) is 9.36. The van der Waals surface area contributed by atoms with Crippen molar-refractivity contribution in [1.82, 2.24) is 4.57 Å². The second-order valence-corrected chi connectivity index (χ2v) is 15.3. The zero-order valence-corrected chi connectivity index (χ0v) is 29.1. The van der Waals surface area contributed by atoms with E-state index in [4.69, 9.17) is 0 Å². The van der Waals surface area contributed by atoms with Gasteiger partial charge in [-0.25, -0.2) is 0 Å². The first kappa shape index (κ1) is 29.4. The minimum absolute atomic E-state index is 0.00688. The summed E-state index contributed by atoms with van der Waals surface area (Å²) in [7, 11) is 0. The fourth-order valence-electron chi connectivity index (χ4n) is 9.36. The topological polar surface area (TPSA) is 12.7 Å². The molecule has 3 nitrogen and oxygen atoms in total. The number of hydrogen-bond donors (Lipinski definition) is 0. The number of pyridine rings is 2. The molecule has 0 fully saturated rings. The Hall–Kier alpha value is -5.54. The molecule has 0 radical (unpaired) electrons. The van der Waals surface area contributed by atoms with E-state index in [0.717, 1.165) is 0 Å². The van der Waals surface area contributed by atoms with Crippen LogP contribution in [-0.2, 0) is 0 Å². The summed E-state index contributed by atoms with van der Waals surface area (Å²) < 4.78 is 7.69. The lowest BCUT2D eigenvalue weighted by atomic mass is 9.76. The van der Waals surface area contributed by atoms with Gasteiger partial charge in [0.15, 0.2) is 24.5 Å². The number of para-hydroxylation sites is 1. The van der Waals surface area contributed by atoms with E-state index in [1.54, 1.807) is 0 Å². The maximum Gasteiger partial charge on any atom is 0.214 e. The van der Waals surface area contributed by atoms with Crippen molar-refractivity contribution in [1.29, 1.82) is 0 Å². The molecule has 3 aliphatic heterocycles. The van der Waals surface area contributed by atoms with Gasteiger partial charge in [-0.3, -0.25) is 0 Å². The quantitative estimate of drug-likeness (QED) is 0.134. The number of nitrogens with zero attached hydrogens (tertiary/aromatic N) is 3. The summed E-state index contributed by atoms with van der Waals surface area (Å²) in [6.45, 7) is 13.8. The largest absolute Gasteiger partial charge is 0.336 e. The van der Waals surface area contributed by atoms with Crippen LogP contribution >= 0.6 is 0 Å². The molecule has 10 rings (SSSR count). The molecular weight excluding hydrogens is 607 g/mol. The van der Waals surface area contributed by atoms with Gasteiger partial charge in [-0.2, -0.15) is 9.13 Å². The van der Waals surface area contributed by atoms with Crippen molar-refractivity contribution >= 4 is 27.9 Å². The Morgan fingerprint density at radius 2 is 1.56 bits per heavy atom. The number of allylic oxidation sites excluding steroid dienone is 2. The van der Waals surface area contributed by atoms with Crippen LogP contribution in [0.3, 0.4) is 0 Å². The van der Waals surface area contributed by atoms with Gasteiger partial charge in [-0.1, -0.05) is 99.3 Å². The predicted octanol–water partition coefficient (Wildman–Crippen LogP) is 10.7. The second kappa shape index (κ2) is 10.5. The van der Waals surface area contributed by atoms with Gasteiger partial charge in [0.25, 0.3) is 0 Å². The molecule has 3 unspecified atom stereocenters. The first-order chi connectivity index (χ1) is 24.3. The maximum absolute atomic E-state index is 4.49. The van der Waals surface area contributed by atoms with Crippen LogP contribution in [0.1, 0.15) is 67.1 Å². The number of hydrogen-bond acceptors (Lipinski definition) is 0. The highest BCUT2D eigenvalue weighted by Crippen LogP contribution is 2.52. The summed E-state index contributed by atoms with van der Waals surface area (Å²) in [5, 5.41) is 2.66. The lowest BCUT2D eigenvalue weighted by Gasteiger charge is -2.31. The molecule has 3 heteroatoms. The summed E-state index contributed by atoms with van der Waals surface area (Å²) in [5.74, 6) is 0.132. The molecule has 0 spiro atoms. The molecule has 0 N–H and O–H groups in total. The number of aromatic nitrogens is 3. The number of aryl methyl sites for hydroxylation is 1. The van der Waals surface area contributed by atoms with Crippen molar-refractivity contribution in [2.45, 2.75) is 51.7 Å². The number of benzene rings is 4. The van der Waals surface area contributed by atoms with Crippen LogP contribution in [0.5, 0.6) is 0 Å². The van der Waals surface area contributed by atoms with E-state index >= 15 is 0 Å². The van der Waals surface area contributed by atoms with E-state index in [0.29, 0.717) is 0 Å². The Morgan fingerprint density at radius 3 is 2.40 bits per heavy atom. The summed E-state index contributed by atoms with van der Waals surface area (Å²) in [6, 6.07) is 41.4. The third-order valence-corrected chi connectivity index (χ3v) is 12.2. The average Bonchev–Trinajstić information content (AvgIpc) is 3.60. The first-order valence-electron chi connectivity index (χ1n) is 18.0. The molecule has 242 valence electrons. The zero-order chi connectivity index (χ0) is 33.9. The Labute approximate surface area is 294 Å². The van der Waals surface area contributed by atoms with Gasteiger partial charge in [-0.15, -0.1) is 0 Å². The molecule has 3 aromatic heterocycles. The summed E-state index contributed by atoms with van der Waals surface area (Å²) >= 11 is 0. The van der Waals surface area contributed by atoms with Gasteiger partial charge in [0.2, 0.25) is 11.4 Å². The summed E-state index contributed by atoms with van der Waals surface area (Å²) in [6.07, 6.45) is 11.6. The van der Waals surface area contributed by atoms with E-state index < -0.39 is 0 Å². The third-order valence-electron chi connectivity index (χ3n) is 12.2. The molecule has 0 amide bonds. The van der Waals surface area contributed by atoms with Crippen LogP contribution in [0.2, 0.25) is 0 Å². The minimum atomic E-state index is -0.00688. The van der Waals surface area contributed by atoms with E-state index in [9.17, 15) is 0 Å². The summed E-state index contributed by atoms with van der Waals surface area (Å²) in [5.41, 5.74) is 15.6. The van der Waals surface area contributed by atoms with E-state index in [1.807, 2.05) is 0 Å². The van der Waals surface area contributed by atoms with E-state index in [1.165, 1.54) is 77.7 Å². The lowest BCUT2D eigenvalue weighted by Crippen LogP contribution is -2.52. The molecule has 50 heavy (non-hydrogen) atoms. The van der Waals surface area contributed by atoms with Crippen LogP contribution < -0.4 is 9.13 Å². The number of fused-ring (bicyclic) bond motifs is 9. The molecule has 3 aliphatic rings. The Kier molecular flexibility index (Phi) is 6.16. The Morgan fingerprint density at radius 1 is 0.740 bits per heavy atom. The van der Waals surface area contributed by atoms with Crippen molar-refractivity contribution in [2.24, 2.45) is 5.41 Å². The summed E-state index contributed by atoms with van der Waals surface area (Å²) in [4.78, 5) is 0. The average molecular weight is 648 g/mol. The van der Waals surface area contributed by atoms with Crippen LogP contribution in [-0.4, -0.2) is 4.57 Å². The molecule has 4 atom stereocenters. The molecule has 7 aromatic rings. The van der Waals surface area contributed by atoms with Crippen LogP contribution in [0, 0.1) is 12.3 Å². The van der Waals surface area contributed by atoms with E-state index in [2.05, 4.69) is 188 Å². The van der Waals surface area contributed by atoms with Gasteiger partial charge in [0.1, 0.15) is 5.92 Å². The molecule has 0 saturated heterocycles. The number of rotatable bonds is 3. The van der Waals surface area contributed by atoms with Gasteiger partial charge in [0.05, 0.1) is 16.6 Å². The molecule has 6 heterocycles. The lowest BCUT2D eigenvalue weighted by molar-refractivity contribution is -0.739. The van der Waals surface area contributed by atoms with E-state index in [-0.39, 0.29) is 29.5 Å². The van der Waals surface area contributed by atoms with Crippen LogP contribution in [0.25, 0.3) is 61.5 Å². The van der Waals surface area contributed by atoms with Gasteiger partial charge in [0, 0.05) is 57.1 Å². The van der Waals surface area contributed by atoms with Gasteiger partial charge >= 0.3 is 0 Å². The van der Waals surface area contributed by atoms with Crippen molar-refractivity contribution < 1.29 is 9.13 Å². The third kappa shape index (κ3) is 3.98. The zero-order valence-electron chi connectivity index (χ0n) is 29.1. The highest BCUT2D eigenvalue weighted by atomic mass is 15.1. The van der Waals surface area contributed by atoms with Crippen molar-refractivity contribution in [3.8, 4) is 33.6 Å². The second-order valence-electron chi connectivity index (χ2n) is 15.3. The van der Waals surface area contributed by atoms with Crippen LogP contribution in [0.15, 0.2) is 140 Å². The smallest absolute Gasteiger partial charge is 0.214 e. The fraction of sp³-hybridized carbons (Fsp3) is 0.191. The molecule has 0 bridgehead atoms. The van der Waals surface area contributed by atoms with Crippen LogP contribution in [0.4, 0.5) is 0 Å². The monoisotopic (exact) mass is 647 g/mol. The standard InChI is InChI=1S/C47H41N3/c1-6-40-44(35-17-11-10-16-34(35)41-20-19-29(2)28-49(40)41)46-39-27-43-37(36-18-12-15-32-21-23-47(4,5)30(3)50(43)45(32)36)26-38(39)42-25-33(22-24-48(42)46)31-13-8-7-9-14-31/h6-28,30,40,44,46H,1H2,2-5H3/q+2/t30-,40?,44?,46?/m1/s1. The first-order valence-corrected chi connectivity index (χ1v) is 18.0. The molecular formula is C47H41N3+2. The van der Waals surface area contributed by atoms with Gasteiger partial charge in [-0.05, 0) is 66.4 Å². The molecule has 0 aliphatic carbocycles. The molecule has 0 saturated carbocycles. The highest BCUT2D eigenvalue weighted by molar-refractivity contribution is 6.12. The maximum atomic E-state index is 4.49. The predicted molar refractivity (Wildman–Crippen MR) is 205 cm³/mol. The minimum Gasteiger partial charge on any atom is -0.336 e. The Balaban J connectivity index is 1.30. The van der Waals surface area contributed by atoms with Crippen molar-refractivity contribution in [3.63, 3.8) is 0 Å². The molecule has 4 aromatic carbocycles. The van der Waals surface area contributed by atoms with Crippen molar-refractivity contribution in [2.75, 3.05) is 0 Å². The van der Waals surface area contributed by atoms with Gasteiger partial charge < -0.3 is 4.57 Å².